The van der Waals surface area contributed by atoms with Crippen LogP contribution >= 0.6 is 11.6 Å². The van der Waals surface area contributed by atoms with E-state index in [1.165, 1.54) is 0 Å². The molecule has 1 amide bonds. The highest BCUT2D eigenvalue weighted by Crippen LogP contribution is 2.30. The van der Waals surface area contributed by atoms with Gasteiger partial charge in [-0.05, 0) is 30.5 Å². The summed E-state index contributed by atoms with van der Waals surface area (Å²) in [5.74, 6) is 1.03. The van der Waals surface area contributed by atoms with Crippen LogP contribution in [-0.2, 0) is 11.3 Å². The van der Waals surface area contributed by atoms with Crippen molar-refractivity contribution in [3.63, 3.8) is 0 Å². The number of carbonyl (C=O) groups excluding carboxylic acids is 1. The molecule has 0 unspecified atom stereocenters. The average Bonchev–Trinajstić information content (AvgIpc) is 3.17. The molecule has 98 valence electrons. The molecule has 0 radical (unpaired) electrons. The predicted octanol–water partition coefficient (Wildman–Crippen LogP) is 2.93. The fraction of sp³-hybridized carbons (Fsp3) is 0.286. The van der Waals surface area contributed by atoms with Gasteiger partial charge < -0.3 is 5.32 Å². The molecule has 1 aliphatic rings. The highest BCUT2D eigenvalue weighted by atomic mass is 35.5. The van der Waals surface area contributed by atoms with E-state index >= 15 is 0 Å². The van der Waals surface area contributed by atoms with Gasteiger partial charge >= 0.3 is 0 Å². The third kappa shape index (κ3) is 2.96. The van der Waals surface area contributed by atoms with Gasteiger partial charge in [0.05, 0.1) is 12.7 Å². The molecule has 0 spiro atoms. The molecule has 1 fully saturated rings. The van der Waals surface area contributed by atoms with Gasteiger partial charge in [0.1, 0.15) is 5.82 Å². The number of nitrogens with one attached hydrogen (secondary N) is 1. The molecule has 4 nitrogen and oxygen atoms in total. The van der Waals surface area contributed by atoms with E-state index in [0.29, 0.717) is 11.6 Å². The van der Waals surface area contributed by atoms with E-state index < -0.39 is 0 Å². The molecule has 1 heterocycles. The molecule has 2 aromatic rings. The van der Waals surface area contributed by atoms with Crippen molar-refractivity contribution in [3.8, 4) is 0 Å². The van der Waals surface area contributed by atoms with E-state index in [2.05, 4.69) is 10.4 Å². The molecule has 19 heavy (non-hydrogen) atoms. The Morgan fingerprint density at radius 3 is 2.74 bits per heavy atom. The van der Waals surface area contributed by atoms with E-state index in [-0.39, 0.29) is 11.8 Å². The molecule has 0 bridgehead atoms. The van der Waals surface area contributed by atoms with Gasteiger partial charge in [0, 0.05) is 17.0 Å². The number of hydrogen-bond donors (Lipinski definition) is 1. The fourth-order valence-electron chi connectivity index (χ4n) is 1.90. The van der Waals surface area contributed by atoms with E-state index in [1.54, 1.807) is 10.9 Å². The number of hydrogen-bond acceptors (Lipinski definition) is 2. The third-order valence-corrected chi connectivity index (χ3v) is 3.41. The Balaban J connectivity index is 1.72. The summed E-state index contributed by atoms with van der Waals surface area (Å²) in [7, 11) is 0. The largest absolute Gasteiger partial charge is 0.311 e. The lowest BCUT2D eigenvalue weighted by Gasteiger charge is -2.08. The molecule has 1 saturated carbocycles. The van der Waals surface area contributed by atoms with Gasteiger partial charge in [0.15, 0.2) is 0 Å². The lowest BCUT2D eigenvalue weighted by molar-refractivity contribution is -0.117. The number of aromatic nitrogens is 2. The van der Waals surface area contributed by atoms with Crippen molar-refractivity contribution in [1.82, 2.24) is 9.78 Å². The van der Waals surface area contributed by atoms with Crippen molar-refractivity contribution in [3.05, 3.63) is 47.1 Å². The average molecular weight is 276 g/mol. The van der Waals surface area contributed by atoms with Crippen LogP contribution in [0.4, 0.5) is 5.82 Å². The molecule has 1 N–H and O–H groups in total. The molecule has 1 aliphatic carbocycles. The Morgan fingerprint density at radius 1 is 1.32 bits per heavy atom. The molecular weight excluding hydrogens is 262 g/mol. The van der Waals surface area contributed by atoms with Gasteiger partial charge in [0.2, 0.25) is 5.91 Å². The quantitative estimate of drug-likeness (QED) is 0.933. The summed E-state index contributed by atoms with van der Waals surface area (Å²) in [5.41, 5.74) is 1.09. The summed E-state index contributed by atoms with van der Waals surface area (Å²) < 4.78 is 1.78. The van der Waals surface area contributed by atoms with Gasteiger partial charge in [-0.25, -0.2) is 4.68 Å². The summed E-state index contributed by atoms with van der Waals surface area (Å²) in [6.07, 6.45) is 3.69. The SMILES string of the molecule is O=C(Nc1ccnn1Cc1ccc(Cl)cc1)C1CC1. The Bertz CT molecular complexity index is 587. The van der Waals surface area contributed by atoms with Crippen LogP contribution in [0.15, 0.2) is 36.5 Å². The fourth-order valence-corrected chi connectivity index (χ4v) is 2.03. The van der Waals surface area contributed by atoms with Gasteiger partial charge in [0.25, 0.3) is 0 Å². The zero-order chi connectivity index (χ0) is 13.2. The van der Waals surface area contributed by atoms with Crippen LogP contribution in [0.3, 0.4) is 0 Å². The maximum atomic E-state index is 11.8. The van der Waals surface area contributed by atoms with Crippen molar-refractivity contribution in [2.24, 2.45) is 5.92 Å². The van der Waals surface area contributed by atoms with E-state index in [1.807, 2.05) is 30.3 Å². The number of benzene rings is 1. The molecule has 1 aromatic carbocycles. The van der Waals surface area contributed by atoms with Crippen molar-refractivity contribution in [2.75, 3.05) is 5.32 Å². The summed E-state index contributed by atoms with van der Waals surface area (Å²) in [6, 6.07) is 9.43. The lowest BCUT2D eigenvalue weighted by Crippen LogP contribution is -2.17. The van der Waals surface area contributed by atoms with Crippen LogP contribution in [0, 0.1) is 5.92 Å². The maximum Gasteiger partial charge on any atom is 0.228 e. The maximum absolute atomic E-state index is 11.8. The summed E-state index contributed by atoms with van der Waals surface area (Å²) >= 11 is 5.86. The minimum Gasteiger partial charge on any atom is -0.311 e. The minimum absolute atomic E-state index is 0.0952. The zero-order valence-corrected chi connectivity index (χ0v) is 11.1. The van der Waals surface area contributed by atoms with Crippen molar-refractivity contribution >= 4 is 23.3 Å². The Labute approximate surface area is 116 Å². The van der Waals surface area contributed by atoms with Crippen molar-refractivity contribution in [2.45, 2.75) is 19.4 Å². The first-order chi connectivity index (χ1) is 9.22. The number of anilines is 1. The Hall–Kier alpha value is -1.81. The van der Waals surface area contributed by atoms with Crippen LogP contribution in [0.2, 0.25) is 5.02 Å². The molecular formula is C14H14ClN3O. The van der Waals surface area contributed by atoms with E-state index in [9.17, 15) is 4.79 Å². The number of rotatable bonds is 4. The van der Waals surface area contributed by atoms with E-state index in [4.69, 9.17) is 11.6 Å². The van der Waals surface area contributed by atoms with Crippen molar-refractivity contribution in [1.29, 1.82) is 0 Å². The van der Waals surface area contributed by atoms with Gasteiger partial charge in [-0.3, -0.25) is 4.79 Å². The van der Waals surface area contributed by atoms with Crippen LogP contribution in [-0.4, -0.2) is 15.7 Å². The second kappa shape index (κ2) is 5.05. The number of nitrogens with zero attached hydrogens (tertiary/aromatic N) is 2. The molecule has 0 aliphatic heterocycles. The highest BCUT2D eigenvalue weighted by Gasteiger charge is 2.30. The standard InChI is InChI=1S/C14H14ClN3O/c15-12-5-1-10(2-6-12)9-18-13(7-8-16-18)17-14(19)11-3-4-11/h1-2,5-8,11H,3-4,9H2,(H,17,19). The first-order valence-corrected chi connectivity index (χ1v) is 6.67. The summed E-state index contributed by atoms with van der Waals surface area (Å²) in [4.78, 5) is 11.8. The molecule has 0 saturated heterocycles. The second-order valence-corrected chi connectivity index (χ2v) is 5.20. The second-order valence-electron chi connectivity index (χ2n) is 4.76. The van der Waals surface area contributed by atoms with Crippen LogP contribution in [0.25, 0.3) is 0 Å². The first-order valence-electron chi connectivity index (χ1n) is 6.29. The Kier molecular flexibility index (Phi) is 3.25. The minimum atomic E-state index is 0.0952. The van der Waals surface area contributed by atoms with Gasteiger partial charge in [-0.2, -0.15) is 5.10 Å². The topological polar surface area (TPSA) is 46.9 Å². The van der Waals surface area contributed by atoms with Crippen LogP contribution in [0.5, 0.6) is 0 Å². The molecule has 1 aromatic heterocycles. The zero-order valence-electron chi connectivity index (χ0n) is 10.3. The smallest absolute Gasteiger partial charge is 0.228 e. The van der Waals surface area contributed by atoms with Crippen LogP contribution < -0.4 is 5.32 Å². The van der Waals surface area contributed by atoms with Gasteiger partial charge in [-0.15, -0.1) is 0 Å². The number of amides is 1. The number of carbonyl (C=O) groups is 1. The van der Waals surface area contributed by atoms with Crippen molar-refractivity contribution < 1.29 is 4.79 Å². The monoisotopic (exact) mass is 275 g/mol. The van der Waals surface area contributed by atoms with E-state index in [0.717, 1.165) is 24.2 Å². The molecule has 3 rings (SSSR count). The Morgan fingerprint density at radius 2 is 2.05 bits per heavy atom. The van der Waals surface area contributed by atoms with Crippen LogP contribution in [0.1, 0.15) is 18.4 Å². The highest BCUT2D eigenvalue weighted by molar-refractivity contribution is 6.30. The molecule has 5 heteroatoms. The molecule has 0 atom stereocenters. The van der Waals surface area contributed by atoms with Gasteiger partial charge in [-0.1, -0.05) is 23.7 Å². The summed E-state index contributed by atoms with van der Waals surface area (Å²) in [6.45, 7) is 0.616. The third-order valence-electron chi connectivity index (χ3n) is 3.16. The summed E-state index contributed by atoms with van der Waals surface area (Å²) in [5, 5.41) is 7.87. The predicted molar refractivity (Wildman–Crippen MR) is 74.1 cm³/mol. The number of halogens is 1. The first kappa shape index (κ1) is 12.2. The lowest BCUT2D eigenvalue weighted by atomic mass is 10.2. The normalized spacial score (nSPS) is 14.4.